The minimum atomic E-state index is 0.0144. The highest BCUT2D eigenvalue weighted by molar-refractivity contribution is 5.95. The van der Waals surface area contributed by atoms with Gasteiger partial charge in [-0.25, -0.2) is 9.36 Å². The molecule has 150 valence electrons. The molecule has 1 aliphatic heterocycles. The Balaban J connectivity index is 1.31. The van der Waals surface area contributed by atoms with E-state index in [1.807, 2.05) is 88.0 Å². The second kappa shape index (κ2) is 7.59. The van der Waals surface area contributed by atoms with Gasteiger partial charge in [-0.3, -0.25) is 4.79 Å². The molecule has 30 heavy (non-hydrogen) atoms. The van der Waals surface area contributed by atoms with Gasteiger partial charge in [0.1, 0.15) is 5.69 Å². The lowest BCUT2D eigenvalue weighted by atomic mass is 10.2. The molecule has 7 heteroatoms. The van der Waals surface area contributed by atoms with Gasteiger partial charge < -0.3 is 4.90 Å². The first-order valence-electron chi connectivity index (χ1n) is 10.1. The summed E-state index contributed by atoms with van der Waals surface area (Å²) in [6, 6.07) is 20.0. The van der Waals surface area contributed by atoms with E-state index in [4.69, 9.17) is 0 Å². The van der Waals surface area contributed by atoms with Gasteiger partial charge in [-0.15, -0.1) is 5.10 Å². The first-order chi connectivity index (χ1) is 14.7. The number of carbonyl (C=O) groups excluding carboxylic acids is 1. The molecule has 0 unspecified atom stereocenters. The number of carbonyl (C=O) groups is 1. The third kappa shape index (κ3) is 3.28. The van der Waals surface area contributed by atoms with Gasteiger partial charge in [0.2, 0.25) is 0 Å². The van der Waals surface area contributed by atoms with Gasteiger partial charge in [0.15, 0.2) is 0 Å². The minimum Gasteiger partial charge on any atom is -0.336 e. The molecule has 3 heterocycles. The fraction of sp³-hybridized carbons (Fsp3) is 0.217. The van der Waals surface area contributed by atoms with Crippen LogP contribution in [0.5, 0.6) is 0 Å². The van der Waals surface area contributed by atoms with Crippen LogP contribution in [0.1, 0.15) is 28.5 Å². The van der Waals surface area contributed by atoms with Crippen molar-refractivity contribution < 1.29 is 4.79 Å². The van der Waals surface area contributed by atoms with Crippen molar-refractivity contribution in [1.82, 2.24) is 29.7 Å². The van der Waals surface area contributed by atoms with E-state index in [2.05, 4.69) is 15.4 Å². The quantitative estimate of drug-likeness (QED) is 0.527. The average Bonchev–Trinajstić information content (AvgIpc) is 3.54. The number of aromatic nitrogens is 5. The van der Waals surface area contributed by atoms with Crippen LogP contribution in [0.3, 0.4) is 0 Å². The number of amides is 1. The highest BCUT2D eigenvalue weighted by Crippen LogP contribution is 2.25. The number of likely N-dealkylation sites (tertiary alicyclic amines) is 1. The Morgan fingerprint density at radius 3 is 2.53 bits per heavy atom. The zero-order valence-corrected chi connectivity index (χ0v) is 16.7. The van der Waals surface area contributed by atoms with Gasteiger partial charge in [0, 0.05) is 18.7 Å². The van der Waals surface area contributed by atoms with Gasteiger partial charge in [-0.05, 0) is 25.5 Å². The Kier molecular flexibility index (Phi) is 4.63. The SMILES string of the molecule is Cc1c(C(=O)N2CC[C@H](n3cc(-c4ccccc4)nn3)C2)cnn1-c1ccccc1. The zero-order valence-electron chi connectivity index (χ0n) is 16.7. The molecular formula is C23H22N6O. The first-order valence-corrected chi connectivity index (χ1v) is 10.1. The van der Waals surface area contributed by atoms with Crippen molar-refractivity contribution >= 4 is 5.91 Å². The highest BCUT2D eigenvalue weighted by atomic mass is 16.2. The molecule has 5 rings (SSSR count). The summed E-state index contributed by atoms with van der Waals surface area (Å²) < 4.78 is 3.69. The van der Waals surface area contributed by atoms with E-state index < -0.39 is 0 Å². The van der Waals surface area contributed by atoms with Crippen molar-refractivity contribution in [1.29, 1.82) is 0 Å². The van der Waals surface area contributed by atoms with Gasteiger partial charge in [-0.1, -0.05) is 53.7 Å². The number of hydrogen-bond donors (Lipinski definition) is 0. The molecule has 0 aliphatic carbocycles. The van der Waals surface area contributed by atoms with Crippen LogP contribution >= 0.6 is 0 Å². The largest absolute Gasteiger partial charge is 0.336 e. The number of rotatable bonds is 4. The molecule has 2 aromatic carbocycles. The Labute approximate surface area is 174 Å². The molecule has 1 aliphatic rings. The smallest absolute Gasteiger partial charge is 0.257 e. The average molecular weight is 398 g/mol. The maximum absolute atomic E-state index is 13.1. The molecule has 4 aromatic rings. The third-order valence-electron chi connectivity index (χ3n) is 5.65. The predicted octanol–water partition coefficient (Wildman–Crippen LogP) is 3.53. The number of benzene rings is 2. The fourth-order valence-corrected chi connectivity index (χ4v) is 3.96. The van der Waals surface area contributed by atoms with E-state index in [0.29, 0.717) is 18.7 Å². The first kappa shape index (κ1) is 18.3. The van der Waals surface area contributed by atoms with E-state index in [1.165, 1.54) is 0 Å². The summed E-state index contributed by atoms with van der Waals surface area (Å²) in [7, 11) is 0. The Bertz CT molecular complexity index is 1160. The summed E-state index contributed by atoms with van der Waals surface area (Å²) in [4.78, 5) is 15.0. The summed E-state index contributed by atoms with van der Waals surface area (Å²) in [5.41, 5.74) is 4.33. The second-order valence-corrected chi connectivity index (χ2v) is 7.53. The summed E-state index contributed by atoms with van der Waals surface area (Å²) in [6.45, 7) is 3.25. The molecule has 0 bridgehead atoms. The van der Waals surface area contributed by atoms with Crippen LogP contribution in [0.25, 0.3) is 16.9 Å². The summed E-state index contributed by atoms with van der Waals surface area (Å²) in [5.74, 6) is 0.0144. The van der Waals surface area contributed by atoms with Crippen LogP contribution in [-0.4, -0.2) is 48.7 Å². The maximum Gasteiger partial charge on any atom is 0.257 e. The van der Waals surface area contributed by atoms with Crippen LogP contribution in [0.15, 0.2) is 73.1 Å². The van der Waals surface area contributed by atoms with Crippen molar-refractivity contribution in [3.8, 4) is 16.9 Å². The van der Waals surface area contributed by atoms with Gasteiger partial charge in [-0.2, -0.15) is 5.10 Å². The van der Waals surface area contributed by atoms with Crippen LogP contribution in [0, 0.1) is 6.92 Å². The molecule has 0 radical (unpaired) electrons. The molecule has 1 fully saturated rings. The molecule has 0 N–H and O–H groups in total. The lowest BCUT2D eigenvalue weighted by molar-refractivity contribution is 0.0786. The Morgan fingerprint density at radius 1 is 1.03 bits per heavy atom. The van der Waals surface area contributed by atoms with E-state index >= 15 is 0 Å². The normalized spacial score (nSPS) is 16.2. The van der Waals surface area contributed by atoms with E-state index in [1.54, 1.807) is 6.20 Å². The molecule has 1 atom stereocenters. The molecule has 0 saturated carbocycles. The standard InChI is InChI=1S/C23H22N6O/c1-17-21(14-24-29(17)19-10-6-3-7-11-19)23(30)27-13-12-20(15-27)28-16-22(25-26-28)18-8-4-2-5-9-18/h2-11,14,16,20H,12-13,15H2,1H3/t20-/m0/s1. The fourth-order valence-electron chi connectivity index (χ4n) is 3.96. The zero-order chi connectivity index (χ0) is 20.5. The van der Waals surface area contributed by atoms with Crippen molar-refractivity contribution in [2.45, 2.75) is 19.4 Å². The molecular weight excluding hydrogens is 376 g/mol. The molecule has 1 amide bonds. The Morgan fingerprint density at radius 2 is 1.77 bits per heavy atom. The van der Waals surface area contributed by atoms with Gasteiger partial charge in [0.05, 0.1) is 35.4 Å². The molecule has 7 nitrogen and oxygen atoms in total. The summed E-state index contributed by atoms with van der Waals surface area (Å²) in [5, 5.41) is 13.1. The van der Waals surface area contributed by atoms with Gasteiger partial charge >= 0.3 is 0 Å². The molecule has 2 aromatic heterocycles. The number of hydrogen-bond acceptors (Lipinski definition) is 4. The number of nitrogens with zero attached hydrogens (tertiary/aromatic N) is 6. The van der Waals surface area contributed by atoms with Crippen LogP contribution in [0.4, 0.5) is 0 Å². The van der Waals surface area contributed by atoms with Crippen molar-refractivity contribution in [2.75, 3.05) is 13.1 Å². The molecule has 0 spiro atoms. The predicted molar refractivity (Wildman–Crippen MR) is 113 cm³/mol. The van der Waals surface area contributed by atoms with E-state index in [9.17, 15) is 4.79 Å². The van der Waals surface area contributed by atoms with Crippen LogP contribution in [0.2, 0.25) is 0 Å². The second-order valence-electron chi connectivity index (χ2n) is 7.53. The van der Waals surface area contributed by atoms with Crippen molar-refractivity contribution in [2.24, 2.45) is 0 Å². The van der Waals surface area contributed by atoms with Crippen molar-refractivity contribution in [3.63, 3.8) is 0 Å². The van der Waals surface area contributed by atoms with Gasteiger partial charge in [0.25, 0.3) is 5.91 Å². The van der Waals surface area contributed by atoms with Crippen LogP contribution in [-0.2, 0) is 0 Å². The topological polar surface area (TPSA) is 68.8 Å². The van der Waals surface area contributed by atoms with Crippen LogP contribution < -0.4 is 0 Å². The maximum atomic E-state index is 13.1. The lowest BCUT2D eigenvalue weighted by Crippen LogP contribution is -2.29. The monoisotopic (exact) mass is 398 g/mol. The van der Waals surface area contributed by atoms with Crippen molar-refractivity contribution in [3.05, 3.63) is 84.3 Å². The highest BCUT2D eigenvalue weighted by Gasteiger charge is 2.30. The van der Waals surface area contributed by atoms with E-state index in [-0.39, 0.29) is 11.9 Å². The summed E-state index contributed by atoms with van der Waals surface area (Å²) >= 11 is 0. The number of para-hydroxylation sites is 1. The molecule has 1 saturated heterocycles. The third-order valence-corrected chi connectivity index (χ3v) is 5.65. The minimum absolute atomic E-state index is 0.0144. The lowest BCUT2D eigenvalue weighted by Gasteiger charge is -2.16. The Hall–Kier alpha value is -3.74. The van der Waals surface area contributed by atoms with E-state index in [0.717, 1.165) is 29.1 Å². The summed E-state index contributed by atoms with van der Waals surface area (Å²) in [6.07, 6.45) is 4.49.